The Hall–Kier alpha value is -3.24. The van der Waals surface area contributed by atoms with Crippen molar-refractivity contribution in [2.45, 2.75) is 0 Å². The molecule has 0 fully saturated rings. The van der Waals surface area contributed by atoms with E-state index in [1.165, 1.54) is 0 Å². The van der Waals surface area contributed by atoms with Crippen LogP contribution in [0, 0.1) is 0 Å². The molecule has 0 radical (unpaired) electrons. The Bertz CT molecular complexity index is 641. The summed E-state index contributed by atoms with van der Waals surface area (Å²) in [7, 11) is 0. The van der Waals surface area contributed by atoms with E-state index in [0.29, 0.717) is 0 Å². The average Bonchev–Trinajstić information content (AvgIpc) is 2.24. The number of nitrogens with zero attached hydrogens (tertiary/aromatic N) is 2. The second kappa shape index (κ2) is 5.39. The van der Waals surface area contributed by atoms with Crippen molar-refractivity contribution in [1.29, 1.82) is 0 Å². The maximum atomic E-state index is 10.4. The number of aromatic hydroxyl groups is 3. The second-order valence-corrected chi connectivity index (χ2v) is 3.13. The van der Waals surface area contributed by atoms with Crippen molar-refractivity contribution in [2.24, 2.45) is 0 Å². The Morgan fingerprint density at radius 3 is 1.95 bits per heavy atom. The molecule has 9 N–H and O–H groups in total. The number of rotatable bonds is 0. The number of aromatic nitrogens is 4. The smallest absolute Gasteiger partial charge is 0.327 e. The van der Waals surface area contributed by atoms with Crippen LogP contribution in [0.15, 0.2) is 15.7 Å². The van der Waals surface area contributed by atoms with Crippen LogP contribution in [0.25, 0.3) is 0 Å². The van der Waals surface area contributed by atoms with Crippen molar-refractivity contribution in [2.75, 3.05) is 11.5 Å². The van der Waals surface area contributed by atoms with Crippen LogP contribution in [0.1, 0.15) is 0 Å². The van der Waals surface area contributed by atoms with Crippen LogP contribution in [0.4, 0.5) is 11.5 Å². The van der Waals surface area contributed by atoms with Crippen molar-refractivity contribution in [3.63, 3.8) is 0 Å². The van der Waals surface area contributed by atoms with Crippen molar-refractivity contribution in [3.05, 3.63) is 26.9 Å². The lowest BCUT2D eigenvalue weighted by atomic mass is 10.5. The van der Waals surface area contributed by atoms with Gasteiger partial charge in [0.05, 0.1) is 0 Å². The van der Waals surface area contributed by atoms with E-state index in [9.17, 15) is 9.59 Å². The molecular weight excluding hydrogens is 260 g/mol. The lowest BCUT2D eigenvalue weighted by Gasteiger charge is -1.98. The number of anilines is 2. The van der Waals surface area contributed by atoms with Crippen LogP contribution in [0.3, 0.4) is 0 Å². The number of hydrogen-bond acceptors (Lipinski definition) is 9. The van der Waals surface area contributed by atoms with Gasteiger partial charge < -0.3 is 26.8 Å². The predicted molar refractivity (Wildman–Crippen MR) is 63.5 cm³/mol. The number of hydrogen-bond donors (Lipinski definition) is 7. The Balaban J connectivity index is 0.000000191. The highest BCUT2D eigenvalue weighted by Gasteiger charge is 2.07. The standard InChI is InChI=1S/C4H5N3O3.C4H5N3O2/c5-1-2(8)6-4(10)7-3(1)9;5-2-1-3(8)7-4(9)6-2/h5H2,(H3,6,7,8,9,10);1H,(H4,5,6,7,8,9). The normalized spacial score (nSPS) is 9.47. The third-order valence-corrected chi connectivity index (χ3v) is 1.67. The fourth-order valence-electron chi connectivity index (χ4n) is 0.923. The number of aromatic amines is 2. The van der Waals surface area contributed by atoms with E-state index in [-0.39, 0.29) is 11.5 Å². The average molecular weight is 270 g/mol. The highest BCUT2D eigenvalue weighted by atomic mass is 16.3. The van der Waals surface area contributed by atoms with Gasteiger partial charge in [-0.05, 0) is 0 Å². The van der Waals surface area contributed by atoms with Crippen molar-refractivity contribution in [1.82, 2.24) is 19.9 Å². The SMILES string of the molecule is Nc1c(O)nc(O)nc1O.Nc1cc(=O)[nH]c(=O)[nH]1. The van der Waals surface area contributed by atoms with Gasteiger partial charge in [-0.3, -0.25) is 14.8 Å². The van der Waals surface area contributed by atoms with Crippen molar-refractivity contribution < 1.29 is 15.3 Å². The highest BCUT2D eigenvalue weighted by Crippen LogP contribution is 2.26. The van der Waals surface area contributed by atoms with Gasteiger partial charge in [0.1, 0.15) is 5.82 Å². The summed E-state index contributed by atoms with van der Waals surface area (Å²) in [5.41, 5.74) is 8.68. The first-order valence-electron chi connectivity index (χ1n) is 4.63. The lowest BCUT2D eigenvalue weighted by molar-refractivity contribution is 0.374. The first kappa shape index (κ1) is 13.8. The predicted octanol–water partition coefficient (Wildman–Crippen LogP) is -2.18. The molecule has 11 heteroatoms. The van der Waals surface area contributed by atoms with E-state index < -0.39 is 29.0 Å². The summed E-state index contributed by atoms with van der Waals surface area (Å²) in [5, 5.41) is 25.9. The number of nitrogens with one attached hydrogen (secondary N) is 2. The zero-order valence-corrected chi connectivity index (χ0v) is 9.28. The zero-order valence-electron chi connectivity index (χ0n) is 9.28. The summed E-state index contributed by atoms with van der Waals surface area (Å²) in [6.45, 7) is 0. The molecule has 2 aromatic rings. The third kappa shape index (κ3) is 3.92. The molecule has 0 aromatic carbocycles. The molecule has 102 valence electrons. The molecule has 11 nitrogen and oxygen atoms in total. The van der Waals surface area contributed by atoms with Gasteiger partial charge in [-0.15, -0.1) is 0 Å². The molecule has 2 heterocycles. The molecule has 0 aliphatic heterocycles. The van der Waals surface area contributed by atoms with Gasteiger partial charge in [0, 0.05) is 6.07 Å². The van der Waals surface area contributed by atoms with E-state index >= 15 is 0 Å². The van der Waals surface area contributed by atoms with E-state index in [4.69, 9.17) is 26.8 Å². The Morgan fingerprint density at radius 1 is 1.00 bits per heavy atom. The molecule has 0 saturated carbocycles. The van der Waals surface area contributed by atoms with Gasteiger partial charge in [-0.2, -0.15) is 9.97 Å². The van der Waals surface area contributed by atoms with E-state index in [2.05, 4.69) is 15.0 Å². The topological polar surface area (TPSA) is 204 Å². The number of nitrogens with two attached hydrogens (primary N) is 2. The molecule has 2 rings (SSSR count). The van der Waals surface area contributed by atoms with Crippen LogP contribution >= 0.6 is 0 Å². The van der Waals surface area contributed by atoms with Gasteiger partial charge in [0.2, 0.25) is 11.8 Å². The van der Waals surface area contributed by atoms with Gasteiger partial charge in [0.25, 0.3) is 5.56 Å². The third-order valence-electron chi connectivity index (χ3n) is 1.67. The van der Waals surface area contributed by atoms with Gasteiger partial charge in [-0.25, -0.2) is 4.79 Å². The maximum absolute atomic E-state index is 10.4. The summed E-state index contributed by atoms with van der Waals surface area (Å²) in [5.74, 6) is -1.20. The Morgan fingerprint density at radius 2 is 1.53 bits per heavy atom. The second-order valence-electron chi connectivity index (χ2n) is 3.13. The fourth-order valence-corrected chi connectivity index (χ4v) is 0.923. The molecule has 0 unspecified atom stereocenters. The van der Waals surface area contributed by atoms with Crippen molar-refractivity contribution >= 4 is 11.5 Å². The largest absolute Gasteiger partial charge is 0.492 e. The lowest BCUT2D eigenvalue weighted by Crippen LogP contribution is -2.22. The summed E-state index contributed by atoms with van der Waals surface area (Å²) in [6, 6.07) is 0.380. The molecule has 0 aliphatic rings. The van der Waals surface area contributed by atoms with E-state index in [0.717, 1.165) is 6.07 Å². The molecule has 0 spiro atoms. The highest BCUT2D eigenvalue weighted by molar-refractivity contribution is 5.55. The summed E-state index contributed by atoms with van der Waals surface area (Å²) >= 11 is 0. The minimum atomic E-state index is -0.718. The maximum Gasteiger partial charge on any atom is 0.327 e. The minimum Gasteiger partial charge on any atom is -0.492 e. The molecule has 0 saturated heterocycles. The molecule has 0 amide bonds. The molecule has 0 aliphatic carbocycles. The van der Waals surface area contributed by atoms with Gasteiger partial charge >= 0.3 is 11.7 Å². The Kier molecular flexibility index (Phi) is 3.93. The molecule has 19 heavy (non-hydrogen) atoms. The molecule has 2 aromatic heterocycles. The van der Waals surface area contributed by atoms with Gasteiger partial charge in [-0.1, -0.05) is 0 Å². The molecule has 0 atom stereocenters. The first-order chi connectivity index (χ1) is 8.79. The quantitative estimate of drug-likeness (QED) is 0.277. The number of nitrogen functional groups attached to an aromatic ring is 2. The van der Waals surface area contributed by atoms with E-state index in [1.54, 1.807) is 0 Å². The van der Waals surface area contributed by atoms with E-state index in [1.807, 2.05) is 4.98 Å². The minimum absolute atomic E-state index is 0.0729. The van der Waals surface area contributed by atoms with Crippen LogP contribution in [0.2, 0.25) is 0 Å². The number of H-pyrrole nitrogens is 2. The van der Waals surface area contributed by atoms with Crippen molar-refractivity contribution in [3.8, 4) is 17.8 Å². The van der Waals surface area contributed by atoms with Crippen LogP contribution < -0.4 is 22.7 Å². The molecular formula is C8H10N6O5. The van der Waals surface area contributed by atoms with Crippen LogP contribution in [-0.4, -0.2) is 35.3 Å². The Labute approximate surface area is 104 Å². The summed E-state index contributed by atoms with van der Waals surface area (Å²) < 4.78 is 0. The fraction of sp³-hybridized carbons (Fsp3) is 0. The van der Waals surface area contributed by atoms with Crippen LogP contribution in [0.5, 0.6) is 17.8 Å². The molecule has 0 bridgehead atoms. The van der Waals surface area contributed by atoms with Gasteiger partial charge in [0.15, 0.2) is 5.69 Å². The zero-order chi connectivity index (χ0) is 14.6. The summed E-state index contributed by atoms with van der Waals surface area (Å²) in [4.78, 5) is 30.9. The summed E-state index contributed by atoms with van der Waals surface area (Å²) in [6.07, 6.45) is 0. The van der Waals surface area contributed by atoms with Crippen LogP contribution in [-0.2, 0) is 0 Å². The monoisotopic (exact) mass is 270 g/mol. The first-order valence-corrected chi connectivity index (χ1v) is 4.63.